The second-order valence-corrected chi connectivity index (χ2v) is 11.8. The summed E-state index contributed by atoms with van der Waals surface area (Å²) in [6.45, 7) is 1.91. The fraction of sp³-hybridized carbons (Fsp3) is 0.273. The molecule has 282 valence electrons. The Labute approximate surface area is 302 Å². The van der Waals surface area contributed by atoms with Crippen LogP contribution in [-0.2, 0) is 22.4 Å². The maximum Gasteiger partial charge on any atom is 0.490 e. The highest BCUT2D eigenvalue weighted by Crippen LogP contribution is 2.31. The van der Waals surface area contributed by atoms with E-state index < -0.39 is 24.3 Å². The maximum atomic E-state index is 12.7. The molecule has 53 heavy (non-hydrogen) atoms. The maximum absolute atomic E-state index is 12.7. The van der Waals surface area contributed by atoms with Crippen molar-refractivity contribution in [3.8, 4) is 5.75 Å². The quantitative estimate of drug-likeness (QED) is 0.132. The molecule has 1 unspecified atom stereocenters. The van der Waals surface area contributed by atoms with Crippen molar-refractivity contribution in [1.29, 1.82) is 0 Å². The van der Waals surface area contributed by atoms with Crippen LogP contribution in [0.5, 0.6) is 5.75 Å². The predicted octanol–water partition coefficient (Wildman–Crippen LogP) is 7.31. The molecule has 1 atom stereocenters. The molecule has 1 saturated heterocycles. The number of nitrogens with zero attached hydrogens (tertiary/aromatic N) is 4. The fourth-order valence-corrected chi connectivity index (χ4v) is 4.97. The van der Waals surface area contributed by atoms with E-state index in [4.69, 9.17) is 36.1 Å². The summed E-state index contributed by atoms with van der Waals surface area (Å²) >= 11 is 6.38. The van der Waals surface area contributed by atoms with E-state index in [2.05, 4.69) is 37.0 Å². The number of alkyl halides is 6. The number of aliphatic carboxylic acids is 2. The molecule has 4 heterocycles. The summed E-state index contributed by atoms with van der Waals surface area (Å²) in [7, 11) is 0. The lowest BCUT2D eigenvalue weighted by Gasteiger charge is -2.19. The second-order valence-electron chi connectivity index (χ2n) is 11.4. The number of hydrogen-bond donors (Lipinski definition) is 5. The number of pyridine rings is 1. The summed E-state index contributed by atoms with van der Waals surface area (Å²) < 4.78 is 69.8. The van der Waals surface area contributed by atoms with E-state index in [1.807, 2.05) is 59.6 Å². The molecule has 1 fully saturated rings. The van der Waals surface area contributed by atoms with E-state index in [1.165, 1.54) is 0 Å². The summed E-state index contributed by atoms with van der Waals surface area (Å²) in [5, 5.41) is 24.2. The molecule has 0 spiro atoms. The molecule has 4 aromatic rings. The van der Waals surface area contributed by atoms with E-state index >= 15 is 0 Å². The summed E-state index contributed by atoms with van der Waals surface area (Å²) in [6.07, 6.45) is -2.53. The molecule has 2 amide bonds. The van der Waals surface area contributed by atoms with Gasteiger partial charge >= 0.3 is 30.3 Å². The van der Waals surface area contributed by atoms with Gasteiger partial charge in [-0.3, -0.25) is 4.98 Å². The van der Waals surface area contributed by atoms with Crippen LogP contribution in [0.1, 0.15) is 17.5 Å². The van der Waals surface area contributed by atoms with Gasteiger partial charge in [-0.15, -0.1) is 0 Å². The van der Waals surface area contributed by atoms with Crippen molar-refractivity contribution in [3.05, 3.63) is 89.3 Å². The van der Waals surface area contributed by atoms with Gasteiger partial charge in [-0.05, 0) is 66.8 Å². The Morgan fingerprint density at radius 3 is 2.25 bits per heavy atom. The van der Waals surface area contributed by atoms with Crippen LogP contribution in [-0.4, -0.2) is 80.1 Å². The molecule has 6 bridgehead atoms. The number of fused-ring (bicyclic) bond motifs is 6. The Morgan fingerprint density at radius 1 is 0.906 bits per heavy atom. The molecule has 2 aromatic heterocycles. The highest BCUT2D eigenvalue weighted by molar-refractivity contribution is 6.32. The number of likely N-dealkylation sites (tertiary alicyclic amines) is 1. The summed E-state index contributed by atoms with van der Waals surface area (Å²) in [6, 6.07) is 17.5. The summed E-state index contributed by atoms with van der Waals surface area (Å²) in [5.74, 6) is -3.48. The molecular weight excluding hydrogens is 740 g/mol. The highest BCUT2D eigenvalue weighted by atomic mass is 35.5. The number of ether oxygens (including phenoxy) is 1. The molecular formula is C33H30ClF6N7O6. The number of carbonyl (C=O) groups is 3. The van der Waals surface area contributed by atoms with Gasteiger partial charge in [0, 0.05) is 36.6 Å². The molecule has 2 aliphatic rings. The lowest BCUT2D eigenvalue weighted by atomic mass is 10.0. The number of halogens is 7. The van der Waals surface area contributed by atoms with Crippen LogP contribution in [0.25, 0.3) is 0 Å². The number of carboxylic acid groups (broad SMARTS) is 2. The number of aromatic nitrogens is 3. The molecule has 0 saturated carbocycles. The van der Waals surface area contributed by atoms with E-state index in [0.717, 1.165) is 53.2 Å². The second kappa shape index (κ2) is 17.6. The van der Waals surface area contributed by atoms with Crippen molar-refractivity contribution in [2.24, 2.45) is 5.92 Å². The van der Waals surface area contributed by atoms with Gasteiger partial charge in [0.05, 0.1) is 24.7 Å². The minimum absolute atomic E-state index is 0.0750. The molecule has 2 aliphatic heterocycles. The first-order valence-electron chi connectivity index (χ1n) is 15.5. The third-order valence-electron chi connectivity index (χ3n) is 7.36. The van der Waals surface area contributed by atoms with Gasteiger partial charge in [-0.25, -0.2) is 19.4 Å². The number of amides is 2. The number of anilines is 5. The van der Waals surface area contributed by atoms with Gasteiger partial charge in [-0.2, -0.15) is 31.3 Å². The normalized spacial score (nSPS) is 14.8. The lowest BCUT2D eigenvalue weighted by Crippen LogP contribution is -2.33. The zero-order chi connectivity index (χ0) is 38.8. The van der Waals surface area contributed by atoms with Crippen LogP contribution in [0.3, 0.4) is 0 Å². The van der Waals surface area contributed by atoms with Crippen molar-refractivity contribution in [3.63, 3.8) is 0 Å². The van der Waals surface area contributed by atoms with Crippen molar-refractivity contribution in [2.45, 2.75) is 31.6 Å². The SMILES string of the molecule is O=C(Nc1ccccc1)N1CCC(COc2ccc3cc2CCc2cncc(c2)Nc2ncc(Cl)c(n2)N3)C1.O=C(O)C(F)(F)F.O=C(O)C(F)(F)F. The Hall–Kier alpha value is -5.85. The van der Waals surface area contributed by atoms with Gasteiger partial charge in [0.25, 0.3) is 0 Å². The van der Waals surface area contributed by atoms with E-state index in [1.54, 1.807) is 12.4 Å². The Balaban J connectivity index is 0.000000381. The number of para-hydroxylation sites is 1. The fourth-order valence-electron chi connectivity index (χ4n) is 4.83. The minimum atomic E-state index is -5.08. The molecule has 6 rings (SSSR count). The van der Waals surface area contributed by atoms with Crippen molar-refractivity contribution in [1.82, 2.24) is 19.9 Å². The monoisotopic (exact) mass is 769 g/mol. The molecule has 20 heteroatoms. The number of carbonyl (C=O) groups excluding carboxylic acids is 1. The van der Waals surface area contributed by atoms with E-state index in [9.17, 15) is 31.1 Å². The number of carboxylic acids is 2. The topological polar surface area (TPSA) is 179 Å². The Morgan fingerprint density at radius 2 is 1.58 bits per heavy atom. The predicted molar refractivity (Wildman–Crippen MR) is 180 cm³/mol. The van der Waals surface area contributed by atoms with Crippen LogP contribution in [0.4, 0.5) is 60.0 Å². The van der Waals surface area contributed by atoms with E-state index in [-0.39, 0.29) is 11.9 Å². The minimum Gasteiger partial charge on any atom is -0.493 e. The van der Waals surface area contributed by atoms with Crippen molar-refractivity contribution in [2.75, 3.05) is 35.6 Å². The van der Waals surface area contributed by atoms with Crippen LogP contribution in [0, 0.1) is 5.92 Å². The van der Waals surface area contributed by atoms with Crippen LogP contribution in [0.2, 0.25) is 5.02 Å². The first-order valence-corrected chi connectivity index (χ1v) is 15.8. The highest BCUT2D eigenvalue weighted by Gasteiger charge is 2.39. The third-order valence-corrected chi connectivity index (χ3v) is 7.64. The zero-order valence-electron chi connectivity index (χ0n) is 27.2. The van der Waals surface area contributed by atoms with Gasteiger partial charge in [0.1, 0.15) is 10.8 Å². The third kappa shape index (κ3) is 12.4. The first kappa shape index (κ1) is 39.9. The van der Waals surface area contributed by atoms with Gasteiger partial charge in [-0.1, -0.05) is 29.8 Å². The number of urea groups is 1. The molecule has 13 nitrogen and oxygen atoms in total. The van der Waals surface area contributed by atoms with Gasteiger partial charge < -0.3 is 35.8 Å². The van der Waals surface area contributed by atoms with Gasteiger partial charge in [0.2, 0.25) is 5.95 Å². The van der Waals surface area contributed by atoms with Crippen molar-refractivity contribution >= 4 is 58.4 Å². The number of rotatable bonds is 4. The number of benzene rings is 2. The van der Waals surface area contributed by atoms with Gasteiger partial charge in [0.15, 0.2) is 5.82 Å². The van der Waals surface area contributed by atoms with Crippen LogP contribution in [0.15, 0.2) is 73.2 Å². The first-order chi connectivity index (χ1) is 25.0. The summed E-state index contributed by atoms with van der Waals surface area (Å²) in [4.78, 5) is 45.5. The summed E-state index contributed by atoms with van der Waals surface area (Å²) in [5.41, 5.74) is 4.63. The largest absolute Gasteiger partial charge is 0.493 e. The standard InChI is InChI=1S/C29H28ClN7O2.2C2HF3O2/c30-25-16-32-28-34-24-12-19(14-31-15-24)6-7-21-13-23(33-27(25)36-28)8-9-26(21)39-18-20-10-11-37(17-20)29(38)35-22-4-2-1-3-5-22;2*3-2(4,5)1(6)7/h1-5,8-9,12-16,20H,6-7,10-11,17-18H2,(H,35,38)(H2,32,33,34,36);2*(H,6,7). The number of hydrogen-bond acceptors (Lipinski definition) is 9. The van der Waals surface area contributed by atoms with Crippen LogP contribution >= 0.6 is 11.6 Å². The molecule has 5 N–H and O–H groups in total. The number of aryl methyl sites for hydroxylation is 2. The van der Waals surface area contributed by atoms with Crippen molar-refractivity contribution < 1.29 is 55.7 Å². The molecule has 0 radical (unpaired) electrons. The Bertz CT molecular complexity index is 1880. The van der Waals surface area contributed by atoms with Crippen LogP contribution < -0.4 is 20.7 Å². The Kier molecular flexibility index (Phi) is 13.2. The average Bonchev–Trinajstić information content (AvgIpc) is 3.58. The number of nitrogens with one attached hydrogen (secondary N) is 3. The average molecular weight is 770 g/mol. The smallest absolute Gasteiger partial charge is 0.490 e. The zero-order valence-corrected chi connectivity index (χ0v) is 28.0. The molecule has 2 aromatic carbocycles. The molecule has 0 aliphatic carbocycles. The lowest BCUT2D eigenvalue weighted by molar-refractivity contribution is -0.193. The van der Waals surface area contributed by atoms with E-state index in [0.29, 0.717) is 36.5 Å².